The van der Waals surface area contributed by atoms with Gasteiger partial charge in [-0.25, -0.2) is 4.39 Å². The first-order valence-electron chi connectivity index (χ1n) is 9.50. The van der Waals surface area contributed by atoms with Crippen LogP contribution in [0.5, 0.6) is 0 Å². The average molecular weight is 389 g/mol. The highest BCUT2D eigenvalue weighted by molar-refractivity contribution is 5.58. The Balaban J connectivity index is 1.30. The van der Waals surface area contributed by atoms with Crippen LogP contribution in [0.2, 0.25) is 0 Å². The Kier molecular flexibility index (Phi) is 4.40. The molecular weight excluding hydrogens is 369 g/mol. The summed E-state index contributed by atoms with van der Waals surface area (Å²) in [4.78, 5) is 8.63. The number of likely N-dealkylation sites (N-methyl/N-ethyl adjacent to an activating group) is 1. The van der Waals surface area contributed by atoms with E-state index in [4.69, 9.17) is 5.10 Å². The molecule has 0 bridgehead atoms. The topological polar surface area (TPSA) is 62.5 Å². The summed E-state index contributed by atoms with van der Waals surface area (Å²) in [7, 11) is 2.07. The number of hydrogen-bond acceptors (Lipinski definition) is 6. The first kappa shape index (κ1) is 17.7. The average Bonchev–Trinajstić information content (AvgIpc) is 3.11. The van der Waals surface area contributed by atoms with Gasteiger partial charge in [-0.05, 0) is 49.0 Å². The Hall–Kier alpha value is -3.39. The molecule has 7 nitrogen and oxygen atoms in total. The lowest BCUT2D eigenvalue weighted by Crippen LogP contribution is -2.58. The van der Waals surface area contributed by atoms with Crippen molar-refractivity contribution in [3.63, 3.8) is 0 Å². The van der Waals surface area contributed by atoms with Crippen LogP contribution in [0.3, 0.4) is 0 Å². The number of hydrogen-bond donors (Lipinski definition) is 0. The van der Waals surface area contributed by atoms with Crippen molar-refractivity contribution in [1.29, 1.82) is 0 Å². The van der Waals surface area contributed by atoms with E-state index in [0.29, 0.717) is 17.5 Å². The van der Waals surface area contributed by atoms with Crippen LogP contribution in [0.4, 0.5) is 10.2 Å². The first-order chi connectivity index (χ1) is 14.2. The molecule has 0 N–H and O–H groups in total. The quantitative estimate of drug-likeness (QED) is 0.523. The van der Waals surface area contributed by atoms with Gasteiger partial charge in [0.2, 0.25) is 0 Å². The van der Waals surface area contributed by atoms with E-state index in [1.165, 1.54) is 6.07 Å². The second-order valence-electron chi connectivity index (χ2n) is 7.33. The maximum Gasteiger partial charge on any atom is 0.187 e. The molecule has 1 aliphatic heterocycles. The van der Waals surface area contributed by atoms with E-state index in [1.807, 2.05) is 30.3 Å². The lowest BCUT2D eigenvalue weighted by atomic mass is 10.1. The van der Waals surface area contributed by atoms with Crippen LogP contribution in [-0.2, 0) is 6.54 Å². The van der Waals surface area contributed by atoms with Crippen molar-refractivity contribution < 1.29 is 4.39 Å². The van der Waals surface area contributed by atoms with E-state index in [9.17, 15) is 4.39 Å². The van der Waals surface area contributed by atoms with Crippen molar-refractivity contribution in [2.75, 3.05) is 25.0 Å². The Labute approximate surface area is 167 Å². The third-order valence-electron chi connectivity index (χ3n) is 5.30. The Morgan fingerprint density at radius 2 is 2.00 bits per heavy atom. The van der Waals surface area contributed by atoms with Gasteiger partial charge in [-0.15, -0.1) is 15.3 Å². The van der Waals surface area contributed by atoms with Gasteiger partial charge in [0.1, 0.15) is 11.6 Å². The van der Waals surface area contributed by atoms with Crippen LogP contribution in [-0.4, -0.2) is 55.9 Å². The van der Waals surface area contributed by atoms with Crippen molar-refractivity contribution in [1.82, 2.24) is 29.7 Å². The fraction of sp³-hybridized carbons (Fsp3) is 0.238. The summed E-state index contributed by atoms with van der Waals surface area (Å²) in [5.41, 5.74) is 2.56. The number of benzene rings is 1. The van der Waals surface area contributed by atoms with Crippen molar-refractivity contribution in [2.24, 2.45) is 0 Å². The van der Waals surface area contributed by atoms with Crippen molar-refractivity contribution >= 4 is 11.5 Å². The number of pyridine rings is 1. The number of nitrogens with zero attached hydrogens (tertiary/aromatic N) is 7. The lowest BCUT2D eigenvalue weighted by Gasteiger charge is -2.44. The van der Waals surface area contributed by atoms with Gasteiger partial charge in [0.25, 0.3) is 0 Å². The predicted molar refractivity (Wildman–Crippen MR) is 108 cm³/mol. The van der Waals surface area contributed by atoms with Gasteiger partial charge >= 0.3 is 0 Å². The summed E-state index contributed by atoms with van der Waals surface area (Å²) in [5.74, 6) is 1.37. The highest BCUT2D eigenvalue weighted by atomic mass is 19.1. The highest BCUT2D eigenvalue weighted by Crippen LogP contribution is 2.24. The molecule has 8 heteroatoms. The van der Waals surface area contributed by atoms with Gasteiger partial charge in [0.05, 0.1) is 0 Å². The predicted octanol–water partition coefficient (Wildman–Crippen LogP) is 2.65. The molecule has 146 valence electrons. The molecule has 4 aromatic rings. The third-order valence-corrected chi connectivity index (χ3v) is 5.30. The fourth-order valence-corrected chi connectivity index (χ4v) is 3.60. The van der Waals surface area contributed by atoms with E-state index in [2.05, 4.69) is 32.0 Å². The van der Waals surface area contributed by atoms with Crippen LogP contribution < -0.4 is 4.90 Å². The van der Waals surface area contributed by atoms with Gasteiger partial charge in [-0.3, -0.25) is 9.88 Å². The van der Waals surface area contributed by atoms with Gasteiger partial charge < -0.3 is 4.90 Å². The van der Waals surface area contributed by atoms with Crippen LogP contribution >= 0.6 is 0 Å². The van der Waals surface area contributed by atoms with E-state index in [1.54, 1.807) is 29.0 Å². The van der Waals surface area contributed by atoms with Gasteiger partial charge in [0, 0.05) is 43.6 Å². The number of rotatable bonds is 5. The van der Waals surface area contributed by atoms with E-state index < -0.39 is 0 Å². The lowest BCUT2D eigenvalue weighted by molar-refractivity contribution is 0.196. The van der Waals surface area contributed by atoms with Crippen LogP contribution in [0, 0.1) is 5.82 Å². The molecule has 0 radical (unpaired) electrons. The van der Waals surface area contributed by atoms with Gasteiger partial charge in [-0.1, -0.05) is 12.1 Å². The molecule has 1 fully saturated rings. The van der Waals surface area contributed by atoms with Gasteiger partial charge in [0.15, 0.2) is 11.5 Å². The normalized spacial score (nSPS) is 14.5. The zero-order chi connectivity index (χ0) is 19.8. The number of anilines is 1. The molecule has 29 heavy (non-hydrogen) atoms. The molecule has 1 saturated heterocycles. The fourth-order valence-electron chi connectivity index (χ4n) is 3.60. The summed E-state index contributed by atoms with van der Waals surface area (Å²) in [6.07, 6.45) is 3.48. The standard InChI is InChI=1S/C21H20FN7/c1-27(12-15-4-2-6-17(22)10-15)18-13-28(14-18)20-8-7-19-24-25-21(29(19)26-20)16-5-3-9-23-11-16/h2-11,18H,12-14H2,1H3. The third kappa shape index (κ3) is 3.42. The molecular formula is C21H20FN7. The highest BCUT2D eigenvalue weighted by Gasteiger charge is 2.31. The minimum Gasteiger partial charge on any atom is -0.352 e. The summed E-state index contributed by atoms with van der Waals surface area (Å²) < 4.78 is 15.2. The minimum absolute atomic E-state index is 0.193. The minimum atomic E-state index is -0.193. The SMILES string of the molecule is CN(Cc1cccc(F)c1)C1CN(c2ccc3nnc(-c4cccnc4)n3n2)C1. The molecule has 0 saturated carbocycles. The Morgan fingerprint density at radius 3 is 2.79 bits per heavy atom. The zero-order valence-corrected chi connectivity index (χ0v) is 16.0. The summed E-state index contributed by atoms with van der Waals surface area (Å²) in [5, 5.41) is 13.2. The smallest absolute Gasteiger partial charge is 0.187 e. The van der Waals surface area contributed by atoms with Crippen molar-refractivity contribution in [2.45, 2.75) is 12.6 Å². The van der Waals surface area contributed by atoms with Crippen LogP contribution in [0.25, 0.3) is 17.0 Å². The van der Waals surface area contributed by atoms with E-state index >= 15 is 0 Å². The molecule has 1 aliphatic rings. The summed E-state index contributed by atoms with van der Waals surface area (Å²) in [6, 6.07) is 14.9. The van der Waals surface area contributed by atoms with Crippen LogP contribution in [0.1, 0.15) is 5.56 Å². The number of halogens is 1. The van der Waals surface area contributed by atoms with Crippen LogP contribution in [0.15, 0.2) is 60.9 Å². The second kappa shape index (κ2) is 7.21. The first-order valence-corrected chi connectivity index (χ1v) is 9.50. The molecule has 3 aromatic heterocycles. The second-order valence-corrected chi connectivity index (χ2v) is 7.33. The maximum atomic E-state index is 13.4. The summed E-state index contributed by atoms with van der Waals surface area (Å²) in [6.45, 7) is 2.46. The zero-order valence-electron chi connectivity index (χ0n) is 16.0. The maximum absolute atomic E-state index is 13.4. The Morgan fingerprint density at radius 1 is 1.10 bits per heavy atom. The van der Waals surface area contributed by atoms with Gasteiger partial charge in [-0.2, -0.15) is 4.52 Å². The number of fused-ring (bicyclic) bond motifs is 1. The molecule has 0 aliphatic carbocycles. The molecule has 1 aromatic carbocycles. The monoisotopic (exact) mass is 389 g/mol. The van der Waals surface area contributed by atoms with Crippen molar-refractivity contribution in [3.8, 4) is 11.4 Å². The van der Waals surface area contributed by atoms with Crippen molar-refractivity contribution in [3.05, 3.63) is 72.3 Å². The number of aromatic nitrogens is 5. The molecule has 0 atom stereocenters. The Bertz CT molecular complexity index is 1140. The largest absolute Gasteiger partial charge is 0.352 e. The molecule has 0 spiro atoms. The molecule has 4 heterocycles. The summed E-state index contributed by atoms with van der Waals surface area (Å²) >= 11 is 0. The molecule has 0 amide bonds. The molecule has 5 rings (SSSR count). The molecule has 0 unspecified atom stereocenters. The van der Waals surface area contributed by atoms with E-state index in [-0.39, 0.29) is 5.82 Å². The van der Waals surface area contributed by atoms with E-state index in [0.717, 1.165) is 36.6 Å².